The van der Waals surface area contributed by atoms with Crippen molar-refractivity contribution >= 4 is 23.0 Å². The number of rotatable bonds is 5. The Morgan fingerprint density at radius 1 is 1.29 bits per heavy atom. The van der Waals surface area contributed by atoms with Crippen LogP contribution >= 0.6 is 0 Å². The molecule has 0 bridgehead atoms. The van der Waals surface area contributed by atoms with Crippen LogP contribution in [0.4, 0.5) is 21.7 Å². The first-order chi connectivity index (χ1) is 11.5. The normalized spacial score (nSPS) is 12.7. The third-order valence-corrected chi connectivity index (χ3v) is 3.96. The van der Waals surface area contributed by atoms with Crippen LogP contribution < -0.4 is 16.0 Å². The number of nitrogens with zero attached hydrogens (tertiary/aromatic N) is 2. The van der Waals surface area contributed by atoms with Gasteiger partial charge in [-0.2, -0.15) is 0 Å². The van der Waals surface area contributed by atoms with Gasteiger partial charge in [-0.3, -0.25) is 5.41 Å². The minimum Gasteiger partial charge on any atom is -0.384 e. The maximum atomic E-state index is 14.9. The highest BCUT2D eigenvalue weighted by atomic mass is 19.1. The first kappa shape index (κ1) is 16.2. The summed E-state index contributed by atoms with van der Waals surface area (Å²) in [7, 11) is 1.72. The quantitative estimate of drug-likeness (QED) is 0.634. The van der Waals surface area contributed by atoms with Gasteiger partial charge in [0.25, 0.3) is 0 Å². The highest BCUT2D eigenvalue weighted by molar-refractivity contribution is 6.16. The third kappa shape index (κ3) is 2.77. The van der Waals surface area contributed by atoms with Gasteiger partial charge in [0.15, 0.2) is 0 Å². The van der Waals surface area contributed by atoms with E-state index in [4.69, 9.17) is 5.41 Å². The van der Waals surface area contributed by atoms with E-state index < -0.39 is 0 Å². The maximum Gasteiger partial charge on any atom is 0.141 e. The summed E-state index contributed by atoms with van der Waals surface area (Å²) < 4.78 is 14.9. The Kier molecular flexibility index (Phi) is 4.33. The largest absolute Gasteiger partial charge is 0.384 e. The topological polar surface area (TPSA) is 85.7 Å². The van der Waals surface area contributed by atoms with Gasteiger partial charge in [0.05, 0.1) is 11.3 Å². The summed E-state index contributed by atoms with van der Waals surface area (Å²) in [5, 5.41) is 17.9. The Morgan fingerprint density at radius 3 is 2.75 bits per heavy atom. The van der Waals surface area contributed by atoms with Crippen molar-refractivity contribution in [3.63, 3.8) is 0 Å². The fraction of sp³-hybridized carbons (Fsp3) is 0.353. The van der Waals surface area contributed by atoms with Crippen LogP contribution in [0.3, 0.4) is 0 Å². The molecule has 6 nitrogen and oxygen atoms in total. The molecule has 0 amide bonds. The second-order valence-corrected chi connectivity index (χ2v) is 6.00. The van der Waals surface area contributed by atoms with Gasteiger partial charge in [0.1, 0.15) is 23.8 Å². The molecular formula is C17H21FN6. The Morgan fingerprint density at radius 2 is 2.04 bits per heavy atom. The summed E-state index contributed by atoms with van der Waals surface area (Å²) in [6, 6.07) is 3.60. The molecule has 7 heteroatoms. The van der Waals surface area contributed by atoms with Crippen molar-refractivity contribution in [2.75, 3.05) is 29.5 Å². The second-order valence-electron chi connectivity index (χ2n) is 6.00. The summed E-state index contributed by atoms with van der Waals surface area (Å²) in [5.74, 6) is 0.674. The monoisotopic (exact) mass is 328 g/mol. The molecule has 4 N–H and O–H groups in total. The number of halogens is 1. The Bertz CT molecular complexity index is 787. The second kappa shape index (κ2) is 6.43. The molecule has 2 heterocycles. The predicted octanol–water partition coefficient (Wildman–Crippen LogP) is 2.86. The molecule has 3 rings (SSSR count). The standard InChI is InChI=1S/C17H21FN6/c1-9(2)24-17-13(16(20-3)22-8-23-17)15(19)11-4-5-12-10(14(11)18)6-7-21-12/h4-5,8-9,19,21H,6-7H2,1-3H3,(H2,20,22,23,24). The van der Waals surface area contributed by atoms with E-state index in [2.05, 4.69) is 25.9 Å². The molecule has 1 aliphatic rings. The molecule has 0 saturated heterocycles. The van der Waals surface area contributed by atoms with E-state index in [0.717, 1.165) is 12.2 Å². The SMILES string of the molecule is CNc1ncnc(NC(C)C)c1C(=N)c1ccc2c(c1F)CCN2. The zero-order valence-electron chi connectivity index (χ0n) is 14.0. The van der Waals surface area contributed by atoms with Crippen molar-refractivity contribution in [1.82, 2.24) is 9.97 Å². The molecule has 0 fully saturated rings. The minimum absolute atomic E-state index is 0.0651. The fourth-order valence-electron chi connectivity index (χ4n) is 2.88. The molecule has 1 aromatic heterocycles. The van der Waals surface area contributed by atoms with E-state index in [1.807, 2.05) is 19.9 Å². The number of nitrogens with one attached hydrogen (secondary N) is 4. The van der Waals surface area contributed by atoms with Gasteiger partial charge in [-0.05, 0) is 32.4 Å². The van der Waals surface area contributed by atoms with Crippen LogP contribution in [0.5, 0.6) is 0 Å². The lowest BCUT2D eigenvalue weighted by Crippen LogP contribution is -2.18. The molecule has 2 aromatic rings. The van der Waals surface area contributed by atoms with Crippen LogP contribution in [0.15, 0.2) is 18.5 Å². The number of anilines is 3. The third-order valence-electron chi connectivity index (χ3n) is 3.96. The number of hydrogen-bond acceptors (Lipinski definition) is 6. The molecule has 0 saturated carbocycles. The van der Waals surface area contributed by atoms with Crippen LogP contribution in [-0.4, -0.2) is 35.3 Å². The van der Waals surface area contributed by atoms with Crippen molar-refractivity contribution in [3.05, 3.63) is 41.0 Å². The average molecular weight is 328 g/mol. The summed E-state index contributed by atoms with van der Waals surface area (Å²) in [6.45, 7) is 4.69. The lowest BCUT2D eigenvalue weighted by molar-refractivity contribution is 0.613. The Labute approximate surface area is 140 Å². The van der Waals surface area contributed by atoms with E-state index in [1.54, 1.807) is 13.1 Å². The Hall–Kier alpha value is -2.70. The van der Waals surface area contributed by atoms with E-state index in [9.17, 15) is 4.39 Å². The lowest BCUT2D eigenvalue weighted by Gasteiger charge is -2.17. The van der Waals surface area contributed by atoms with Crippen LogP contribution in [0.1, 0.15) is 30.5 Å². The first-order valence-electron chi connectivity index (χ1n) is 7.96. The molecule has 0 unspecified atom stereocenters. The molecular weight excluding hydrogens is 307 g/mol. The highest BCUT2D eigenvalue weighted by Crippen LogP contribution is 2.30. The van der Waals surface area contributed by atoms with Gasteiger partial charge in [0.2, 0.25) is 0 Å². The van der Waals surface area contributed by atoms with Crippen molar-refractivity contribution in [3.8, 4) is 0 Å². The Balaban J connectivity index is 2.10. The van der Waals surface area contributed by atoms with Gasteiger partial charge in [-0.15, -0.1) is 0 Å². The molecule has 126 valence electrons. The van der Waals surface area contributed by atoms with Gasteiger partial charge in [-0.1, -0.05) is 0 Å². The van der Waals surface area contributed by atoms with Crippen molar-refractivity contribution in [2.45, 2.75) is 26.3 Å². The lowest BCUT2D eigenvalue weighted by atomic mass is 9.98. The number of benzene rings is 1. The number of hydrogen-bond donors (Lipinski definition) is 4. The van der Waals surface area contributed by atoms with Crippen molar-refractivity contribution in [2.24, 2.45) is 0 Å². The summed E-state index contributed by atoms with van der Waals surface area (Å²) in [4.78, 5) is 8.41. The van der Waals surface area contributed by atoms with Crippen molar-refractivity contribution in [1.29, 1.82) is 5.41 Å². The number of fused-ring (bicyclic) bond motifs is 1. The minimum atomic E-state index is -0.344. The average Bonchev–Trinajstić information content (AvgIpc) is 3.03. The van der Waals surface area contributed by atoms with Crippen LogP contribution in [-0.2, 0) is 6.42 Å². The van der Waals surface area contributed by atoms with Gasteiger partial charge in [-0.25, -0.2) is 14.4 Å². The predicted molar refractivity (Wildman–Crippen MR) is 94.9 cm³/mol. The summed E-state index contributed by atoms with van der Waals surface area (Å²) in [5.41, 5.74) is 2.24. The molecule has 0 atom stereocenters. The smallest absolute Gasteiger partial charge is 0.141 e. The van der Waals surface area contributed by atoms with Gasteiger partial charge < -0.3 is 16.0 Å². The van der Waals surface area contributed by atoms with Crippen LogP contribution in [0.2, 0.25) is 0 Å². The zero-order valence-corrected chi connectivity index (χ0v) is 14.0. The van der Waals surface area contributed by atoms with E-state index in [1.165, 1.54) is 6.33 Å². The fourth-order valence-corrected chi connectivity index (χ4v) is 2.88. The van der Waals surface area contributed by atoms with Gasteiger partial charge >= 0.3 is 0 Å². The zero-order chi connectivity index (χ0) is 17.3. The maximum absolute atomic E-state index is 14.9. The van der Waals surface area contributed by atoms with E-state index in [0.29, 0.717) is 29.2 Å². The highest BCUT2D eigenvalue weighted by Gasteiger charge is 2.24. The summed E-state index contributed by atoms with van der Waals surface area (Å²) >= 11 is 0. The van der Waals surface area contributed by atoms with E-state index >= 15 is 0 Å². The molecule has 0 spiro atoms. The van der Waals surface area contributed by atoms with Crippen LogP contribution in [0.25, 0.3) is 0 Å². The van der Waals surface area contributed by atoms with Crippen molar-refractivity contribution < 1.29 is 4.39 Å². The van der Waals surface area contributed by atoms with E-state index in [-0.39, 0.29) is 23.1 Å². The van der Waals surface area contributed by atoms with Gasteiger partial charge in [0, 0.05) is 36.4 Å². The number of aromatic nitrogens is 2. The summed E-state index contributed by atoms with van der Waals surface area (Å²) in [6.07, 6.45) is 2.06. The molecule has 24 heavy (non-hydrogen) atoms. The molecule has 1 aromatic carbocycles. The molecule has 1 aliphatic heterocycles. The molecule has 0 radical (unpaired) electrons. The first-order valence-corrected chi connectivity index (χ1v) is 7.96. The van der Waals surface area contributed by atoms with Crippen LogP contribution in [0, 0.1) is 11.2 Å². The molecule has 0 aliphatic carbocycles.